The van der Waals surface area contributed by atoms with Gasteiger partial charge in [0.1, 0.15) is 5.60 Å². The SMILES string of the molecule is COC1(CN2CCCNC(C3CCCCC3)C2)CCOC1. The first kappa shape index (κ1) is 15.7. The lowest BCUT2D eigenvalue weighted by Gasteiger charge is -2.36. The second-order valence-corrected chi connectivity index (χ2v) is 7.24. The van der Waals surface area contributed by atoms with Crippen molar-refractivity contribution in [1.29, 1.82) is 0 Å². The molecule has 3 aliphatic rings. The molecule has 0 amide bonds. The molecule has 0 aromatic heterocycles. The Morgan fingerprint density at radius 1 is 1.24 bits per heavy atom. The maximum Gasteiger partial charge on any atom is 0.106 e. The van der Waals surface area contributed by atoms with Gasteiger partial charge in [0.15, 0.2) is 0 Å². The fourth-order valence-corrected chi connectivity index (χ4v) is 4.37. The van der Waals surface area contributed by atoms with Gasteiger partial charge in [-0.25, -0.2) is 0 Å². The third-order valence-electron chi connectivity index (χ3n) is 5.74. The van der Waals surface area contributed by atoms with Crippen molar-refractivity contribution in [3.05, 3.63) is 0 Å². The van der Waals surface area contributed by atoms with Crippen molar-refractivity contribution < 1.29 is 9.47 Å². The number of hydrogen-bond donors (Lipinski definition) is 1. The van der Waals surface area contributed by atoms with Crippen LogP contribution in [0.5, 0.6) is 0 Å². The Balaban J connectivity index is 1.59. The van der Waals surface area contributed by atoms with Crippen molar-refractivity contribution in [2.24, 2.45) is 5.92 Å². The van der Waals surface area contributed by atoms with E-state index < -0.39 is 0 Å². The first-order valence-electron chi connectivity index (χ1n) is 8.90. The van der Waals surface area contributed by atoms with Gasteiger partial charge in [-0.3, -0.25) is 4.90 Å². The van der Waals surface area contributed by atoms with E-state index in [2.05, 4.69) is 10.2 Å². The van der Waals surface area contributed by atoms with Crippen molar-refractivity contribution in [3.63, 3.8) is 0 Å². The molecule has 2 aliphatic heterocycles. The summed E-state index contributed by atoms with van der Waals surface area (Å²) >= 11 is 0. The highest BCUT2D eigenvalue weighted by Gasteiger charge is 2.38. The van der Waals surface area contributed by atoms with Crippen LogP contribution in [0, 0.1) is 5.92 Å². The number of hydrogen-bond acceptors (Lipinski definition) is 4. The molecule has 1 aliphatic carbocycles. The zero-order valence-corrected chi connectivity index (χ0v) is 13.6. The van der Waals surface area contributed by atoms with Crippen molar-refractivity contribution in [2.45, 2.75) is 56.6 Å². The first-order valence-corrected chi connectivity index (χ1v) is 8.90. The molecule has 3 fully saturated rings. The third-order valence-corrected chi connectivity index (χ3v) is 5.74. The lowest BCUT2D eigenvalue weighted by atomic mass is 9.83. The van der Waals surface area contributed by atoms with E-state index in [-0.39, 0.29) is 5.60 Å². The van der Waals surface area contributed by atoms with Gasteiger partial charge in [0.2, 0.25) is 0 Å². The Kier molecular flexibility index (Phi) is 5.54. The van der Waals surface area contributed by atoms with E-state index in [1.54, 1.807) is 0 Å². The highest BCUT2D eigenvalue weighted by atomic mass is 16.5. The molecule has 0 radical (unpaired) electrons. The van der Waals surface area contributed by atoms with E-state index in [1.807, 2.05) is 7.11 Å². The van der Waals surface area contributed by atoms with Crippen LogP contribution in [-0.2, 0) is 9.47 Å². The lowest BCUT2D eigenvalue weighted by molar-refractivity contribution is -0.0419. The molecule has 4 nitrogen and oxygen atoms in total. The molecule has 1 N–H and O–H groups in total. The van der Waals surface area contributed by atoms with Crippen LogP contribution in [0.2, 0.25) is 0 Å². The Labute approximate surface area is 129 Å². The van der Waals surface area contributed by atoms with Gasteiger partial charge >= 0.3 is 0 Å². The lowest BCUT2D eigenvalue weighted by Crippen LogP contribution is -2.49. The van der Waals surface area contributed by atoms with E-state index in [0.717, 1.165) is 32.1 Å². The molecular formula is C17H32N2O2. The fraction of sp³-hybridized carbons (Fsp3) is 1.00. The van der Waals surface area contributed by atoms with Crippen LogP contribution in [0.1, 0.15) is 44.9 Å². The first-order chi connectivity index (χ1) is 10.3. The Morgan fingerprint density at radius 2 is 2.10 bits per heavy atom. The maximum atomic E-state index is 5.84. The van der Waals surface area contributed by atoms with Gasteiger partial charge in [-0.05, 0) is 38.3 Å². The number of rotatable bonds is 4. The summed E-state index contributed by atoms with van der Waals surface area (Å²) in [4.78, 5) is 2.64. The fourth-order valence-electron chi connectivity index (χ4n) is 4.37. The molecule has 122 valence electrons. The molecule has 0 aromatic carbocycles. The molecule has 2 atom stereocenters. The van der Waals surface area contributed by atoms with Gasteiger partial charge < -0.3 is 14.8 Å². The van der Waals surface area contributed by atoms with E-state index >= 15 is 0 Å². The predicted molar refractivity (Wildman–Crippen MR) is 84.6 cm³/mol. The van der Waals surface area contributed by atoms with Crippen LogP contribution >= 0.6 is 0 Å². The Morgan fingerprint density at radius 3 is 2.81 bits per heavy atom. The van der Waals surface area contributed by atoms with Crippen molar-refractivity contribution in [1.82, 2.24) is 10.2 Å². The number of methoxy groups -OCH3 is 1. The normalized spacial score (nSPS) is 36.7. The van der Waals surface area contributed by atoms with E-state index in [9.17, 15) is 0 Å². The predicted octanol–water partition coefficient (Wildman–Crippen LogP) is 2.04. The molecule has 2 saturated heterocycles. The summed E-state index contributed by atoms with van der Waals surface area (Å²) in [6.45, 7) is 6.22. The van der Waals surface area contributed by atoms with Crippen LogP contribution in [0.15, 0.2) is 0 Å². The highest BCUT2D eigenvalue weighted by molar-refractivity contribution is 4.91. The summed E-state index contributed by atoms with van der Waals surface area (Å²) < 4.78 is 11.4. The summed E-state index contributed by atoms with van der Waals surface area (Å²) in [6.07, 6.45) is 9.44. The summed E-state index contributed by atoms with van der Waals surface area (Å²) in [5, 5.41) is 3.82. The van der Waals surface area contributed by atoms with Crippen LogP contribution in [0.4, 0.5) is 0 Å². The van der Waals surface area contributed by atoms with Crippen LogP contribution < -0.4 is 5.32 Å². The molecular weight excluding hydrogens is 264 g/mol. The van der Waals surface area contributed by atoms with Gasteiger partial charge in [0, 0.05) is 39.3 Å². The average molecular weight is 296 g/mol. The molecule has 0 bridgehead atoms. The minimum Gasteiger partial charge on any atom is -0.378 e. The molecule has 1 saturated carbocycles. The summed E-state index contributed by atoms with van der Waals surface area (Å²) in [5.41, 5.74) is -0.0541. The standard InChI is InChI=1S/C17H32N2O2/c1-20-17(8-11-21-14-17)13-19-10-5-9-18-16(12-19)15-6-3-2-4-7-15/h15-16,18H,2-14H2,1H3. The quantitative estimate of drug-likeness (QED) is 0.861. The maximum absolute atomic E-state index is 5.84. The second-order valence-electron chi connectivity index (χ2n) is 7.24. The van der Waals surface area contributed by atoms with Gasteiger partial charge in [0.25, 0.3) is 0 Å². The number of nitrogens with zero attached hydrogens (tertiary/aromatic N) is 1. The molecule has 4 heteroatoms. The summed E-state index contributed by atoms with van der Waals surface area (Å²) in [5.74, 6) is 0.887. The average Bonchev–Trinajstić information content (AvgIpc) is 2.87. The minimum atomic E-state index is -0.0541. The monoisotopic (exact) mass is 296 g/mol. The molecule has 21 heavy (non-hydrogen) atoms. The largest absolute Gasteiger partial charge is 0.378 e. The number of nitrogens with one attached hydrogen (secondary N) is 1. The zero-order valence-electron chi connectivity index (χ0n) is 13.6. The molecule has 3 rings (SSSR count). The van der Waals surface area contributed by atoms with Gasteiger partial charge in [-0.15, -0.1) is 0 Å². The Hall–Kier alpha value is -0.160. The van der Waals surface area contributed by atoms with Gasteiger partial charge in [-0.2, -0.15) is 0 Å². The third kappa shape index (κ3) is 3.98. The summed E-state index contributed by atoms with van der Waals surface area (Å²) in [7, 11) is 1.85. The van der Waals surface area contributed by atoms with E-state index in [1.165, 1.54) is 58.2 Å². The van der Waals surface area contributed by atoms with Crippen LogP contribution in [-0.4, -0.2) is 63.0 Å². The second kappa shape index (κ2) is 7.40. The van der Waals surface area contributed by atoms with Gasteiger partial charge in [0.05, 0.1) is 6.61 Å². The van der Waals surface area contributed by atoms with Crippen LogP contribution in [0.25, 0.3) is 0 Å². The van der Waals surface area contributed by atoms with Crippen LogP contribution in [0.3, 0.4) is 0 Å². The van der Waals surface area contributed by atoms with Gasteiger partial charge in [-0.1, -0.05) is 19.3 Å². The summed E-state index contributed by atoms with van der Waals surface area (Å²) in [6, 6.07) is 0.684. The molecule has 0 spiro atoms. The Bertz CT molecular complexity index is 312. The van der Waals surface area contributed by atoms with Crippen molar-refractivity contribution in [2.75, 3.05) is 46.5 Å². The molecule has 2 heterocycles. The smallest absolute Gasteiger partial charge is 0.106 e. The van der Waals surface area contributed by atoms with Crippen molar-refractivity contribution in [3.8, 4) is 0 Å². The van der Waals surface area contributed by atoms with E-state index in [4.69, 9.17) is 9.47 Å². The molecule has 0 aromatic rings. The zero-order chi connectivity index (χ0) is 14.5. The van der Waals surface area contributed by atoms with E-state index in [0.29, 0.717) is 6.04 Å². The number of ether oxygens (including phenoxy) is 2. The molecule has 2 unspecified atom stereocenters. The topological polar surface area (TPSA) is 33.7 Å². The highest BCUT2D eigenvalue weighted by Crippen LogP contribution is 2.29. The van der Waals surface area contributed by atoms with Crippen molar-refractivity contribution >= 4 is 0 Å². The minimum absolute atomic E-state index is 0.0541.